The highest BCUT2D eigenvalue weighted by Gasteiger charge is 2.11. The van der Waals surface area contributed by atoms with Crippen LogP contribution in [0, 0.1) is 0 Å². The van der Waals surface area contributed by atoms with Crippen molar-refractivity contribution in [1.82, 2.24) is 9.88 Å². The van der Waals surface area contributed by atoms with E-state index in [1.54, 1.807) is 0 Å². The van der Waals surface area contributed by atoms with Crippen LogP contribution in [0.3, 0.4) is 0 Å². The van der Waals surface area contributed by atoms with Gasteiger partial charge in [-0.2, -0.15) is 0 Å². The number of nitrogens with one attached hydrogen (secondary N) is 1. The molecule has 2 nitrogen and oxygen atoms in total. The number of halogens is 1. The molecule has 3 heteroatoms. The Kier molecular flexibility index (Phi) is 3.57. The molecule has 2 aromatic rings. The Morgan fingerprint density at radius 1 is 1.11 bits per heavy atom. The molecule has 0 bridgehead atoms. The van der Waals surface area contributed by atoms with Crippen LogP contribution in [0.15, 0.2) is 24.3 Å². The third-order valence-electron chi connectivity index (χ3n) is 3.75. The summed E-state index contributed by atoms with van der Waals surface area (Å²) in [7, 11) is 0. The summed E-state index contributed by atoms with van der Waals surface area (Å²) in [6.45, 7) is 3.47. The number of hydrogen-bond donors (Lipinski definition) is 1. The van der Waals surface area contributed by atoms with E-state index >= 15 is 0 Å². The molecule has 0 spiro atoms. The fraction of sp³-hybridized carbons (Fsp3) is 0.467. The van der Waals surface area contributed by atoms with Gasteiger partial charge in [0.15, 0.2) is 0 Å². The van der Waals surface area contributed by atoms with Crippen molar-refractivity contribution < 1.29 is 0 Å². The van der Waals surface area contributed by atoms with Gasteiger partial charge in [0, 0.05) is 17.6 Å². The van der Waals surface area contributed by atoms with Gasteiger partial charge in [0.2, 0.25) is 0 Å². The molecule has 18 heavy (non-hydrogen) atoms. The normalized spacial score (nSPS) is 18.1. The maximum atomic E-state index is 6.19. The van der Waals surface area contributed by atoms with Crippen LogP contribution in [0.2, 0.25) is 5.02 Å². The van der Waals surface area contributed by atoms with Gasteiger partial charge in [0.05, 0.1) is 10.5 Å². The Morgan fingerprint density at radius 3 is 2.61 bits per heavy atom. The largest absolute Gasteiger partial charge is 0.356 e. The van der Waals surface area contributed by atoms with Gasteiger partial charge in [0.1, 0.15) is 0 Å². The molecule has 2 heterocycles. The van der Waals surface area contributed by atoms with Crippen LogP contribution in [0.1, 0.15) is 31.4 Å². The van der Waals surface area contributed by atoms with Gasteiger partial charge in [0.25, 0.3) is 0 Å². The summed E-state index contributed by atoms with van der Waals surface area (Å²) < 4.78 is 0. The second kappa shape index (κ2) is 5.33. The third-order valence-corrected chi connectivity index (χ3v) is 4.07. The molecule has 1 aromatic heterocycles. The van der Waals surface area contributed by atoms with Crippen molar-refractivity contribution in [3.63, 3.8) is 0 Å². The number of H-pyrrole nitrogens is 1. The lowest BCUT2D eigenvalue weighted by atomic mass is 10.2. The molecular formula is C15H19ClN2. The van der Waals surface area contributed by atoms with E-state index in [0.717, 1.165) is 17.1 Å². The average Bonchev–Trinajstić information content (AvgIpc) is 2.60. The van der Waals surface area contributed by atoms with Crippen molar-refractivity contribution in [1.29, 1.82) is 0 Å². The molecule has 1 aliphatic heterocycles. The Labute approximate surface area is 113 Å². The van der Waals surface area contributed by atoms with E-state index < -0.39 is 0 Å². The maximum Gasteiger partial charge on any atom is 0.0647 e. The van der Waals surface area contributed by atoms with Crippen LogP contribution >= 0.6 is 11.6 Å². The molecule has 1 N–H and O–H groups in total. The predicted molar refractivity (Wildman–Crippen MR) is 77.1 cm³/mol. The minimum absolute atomic E-state index is 0.814. The fourth-order valence-corrected chi connectivity index (χ4v) is 3.03. The van der Waals surface area contributed by atoms with E-state index in [9.17, 15) is 0 Å². The van der Waals surface area contributed by atoms with Crippen LogP contribution in [0.25, 0.3) is 10.9 Å². The van der Waals surface area contributed by atoms with E-state index in [0.29, 0.717) is 0 Å². The smallest absolute Gasteiger partial charge is 0.0647 e. The molecule has 0 atom stereocenters. The van der Waals surface area contributed by atoms with Crippen molar-refractivity contribution in [3.05, 3.63) is 35.0 Å². The lowest BCUT2D eigenvalue weighted by Crippen LogP contribution is -2.24. The zero-order valence-corrected chi connectivity index (χ0v) is 11.3. The predicted octanol–water partition coefficient (Wildman–Crippen LogP) is 4.20. The quantitative estimate of drug-likeness (QED) is 0.860. The van der Waals surface area contributed by atoms with Crippen LogP contribution in [-0.2, 0) is 6.54 Å². The first-order chi connectivity index (χ1) is 8.83. The molecule has 0 amide bonds. The monoisotopic (exact) mass is 262 g/mol. The van der Waals surface area contributed by atoms with Crippen LogP contribution in [-0.4, -0.2) is 23.0 Å². The minimum atomic E-state index is 0.814. The molecule has 1 aromatic carbocycles. The van der Waals surface area contributed by atoms with Gasteiger partial charge in [-0.1, -0.05) is 36.6 Å². The highest BCUT2D eigenvalue weighted by Crippen LogP contribution is 2.24. The molecule has 0 saturated carbocycles. The topological polar surface area (TPSA) is 19.0 Å². The van der Waals surface area contributed by atoms with Gasteiger partial charge in [-0.15, -0.1) is 0 Å². The fourth-order valence-electron chi connectivity index (χ4n) is 2.80. The summed E-state index contributed by atoms with van der Waals surface area (Å²) in [5.41, 5.74) is 2.35. The Bertz CT molecular complexity index is 524. The second-order valence-corrected chi connectivity index (χ2v) is 5.60. The van der Waals surface area contributed by atoms with Crippen molar-refractivity contribution in [2.24, 2.45) is 0 Å². The number of fused-ring (bicyclic) bond motifs is 1. The van der Waals surface area contributed by atoms with Gasteiger partial charge >= 0.3 is 0 Å². The summed E-state index contributed by atoms with van der Waals surface area (Å²) in [6.07, 6.45) is 5.44. The Balaban J connectivity index is 1.79. The summed E-state index contributed by atoms with van der Waals surface area (Å²) in [5, 5.41) is 2.03. The lowest BCUT2D eigenvalue weighted by molar-refractivity contribution is 0.274. The molecule has 3 rings (SSSR count). The molecule has 0 unspecified atom stereocenters. The van der Waals surface area contributed by atoms with E-state index in [4.69, 9.17) is 11.6 Å². The molecule has 1 fully saturated rings. The van der Waals surface area contributed by atoms with Gasteiger partial charge < -0.3 is 4.98 Å². The summed E-state index contributed by atoms with van der Waals surface area (Å²) in [5.74, 6) is 0. The van der Waals surface area contributed by atoms with Crippen LogP contribution in [0.5, 0.6) is 0 Å². The van der Waals surface area contributed by atoms with Crippen LogP contribution < -0.4 is 0 Å². The number of hydrogen-bond acceptors (Lipinski definition) is 1. The summed E-state index contributed by atoms with van der Waals surface area (Å²) >= 11 is 6.19. The number of benzene rings is 1. The van der Waals surface area contributed by atoms with E-state index in [1.165, 1.54) is 49.9 Å². The van der Waals surface area contributed by atoms with Crippen molar-refractivity contribution in [2.45, 2.75) is 32.2 Å². The lowest BCUT2D eigenvalue weighted by Gasteiger charge is -2.18. The third kappa shape index (κ3) is 2.55. The summed E-state index contributed by atoms with van der Waals surface area (Å²) in [4.78, 5) is 6.01. The van der Waals surface area contributed by atoms with Crippen molar-refractivity contribution in [3.8, 4) is 0 Å². The number of para-hydroxylation sites is 1. The highest BCUT2D eigenvalue weighted by molar-refractivity contribution is 6.35. The number of aromatic amines is 1. The first-order valence-corrected chi connectivity index (χ1v) is 7.19. The average molecular weight is 263 g/mol. The number of aromatic nitrogens is 1. The molecule has 0 radical (unpaired) electrons. The number of likely N-dealkylation sites (tertiary alicyclic amines) is 1. The van der Waals surface area contributed by atoms with Crippen LogP contribution in [0.4, 0.5) is 0 Å². The SMILES string of the molecule is Clc1cccc2cc(CN3CCCCCC3)[nH]c12. The zero-order chi connectivity index (χ0) is 12.4. The summed E-state index contributed by atoms with van der Waals surface area (Å²) in [6, 6.07) is 8.29. The zero-order valence-electron chi connectivity index (χ0n) is 10.6. The van der Waals surface area contributed by atoms with E-state index in [-0.39, 0.29) is 0 Å². The molecular weight excluding hydrogens is 244 g/mol. The first-order valence-electron chi connectivity index (χ1n) is 6.81. The molecule has 96 valence electrons. The molecule has 0 aliphatic carbocycles. The van der Waals surface area contributed by atoms with Gasteiger partial charge in [-0.3, -0.25) is 4.90 Å². The standard InChI is InChI=1S/C15H19ClN2/c16-14-7-5-6-12-10-13(17-15(12)14)11-18-8-3-1-2-4-9-18/h5-7,10,17H,1-4,8-9,11H2. The van der Waals surface area contributed by atoms with E-state index in [2.05, 4.69) is 22.0 Å². The number of rotatable bonds is 2. The maximum absolute atomic E-state index is 6.19. The molecule has 1 aliphatic rings. The van der Waals surface area contributed by atoms with E-state index in [1.807, 2.05) is 12.1 Å². The van der Waals surface area contributed by atoms with Gasteiger partial charge in [-0.05, 0) is 38.1 Å². The number of nitrogens with zero attached hydrogens (tertiary/aromatic N) is 1. The Hall–Kier alpha value is -0.990. The minimum Gasteiger partial charge on any atom is -0.356 e. The highest BCUT2D eigenvalue weighted by atomic mass is 35.5. The molecule has 1 saturated heterocycles. The second-order valence-electron chi connectivity index (χ2n) is 5.19. The van der Waals surface area contributed by atoms with Crippen molar-refractivity contribution >= 4 is 22.5 Å². The van der Waals surface area contributed by atoms with Crippen molar-refractivity contribution in [2.75, 3.05) is 13.1 Å². The Morgan fingerprint density at radius 2 is 1.89 bits per heavy atom. The first kappa shape index (κ1) is 12.1. The van der Waals surface area contributed by atoms with Gasteiger partial charge in [-0.25, -0.2) is 0 Å².